The van der Waals surface area contributed by atoms with Crippen molar-refractivity contribution < 1.29 is 9.53 Å². The molecule has 116 valence electrons. The van der Waals surface area contributed by atoms with Crippen LogP contribution in [-0.4, -0.2) is 12.5 Å². The summed E-state index contributed by atoms with van der Waals surface area (Å²) in [5, 5.41) is 2.98. The summed E-state index contributed by atoms with van der Waals surface area (Å²) in [6, 6.07) is 13.9. The van der Waals surface area contributed by atoms with Crippen LogP contribution >= 0.6 is 22.6 Å². The largest absolute Gasteiger partial charge is 0.484 e. The molecule has 3 nitrogen and oxygen atoms in total. The molecule has 0 aromatic heterocycles. The van der Waals surface area contributed by atoms with E-state index < -0.39 is 0 Å². The number of aryl methyl sites for hydroxylation is 2. The van der Waals surface area contributed by atoms with Crippen molar-refractivity contribution in [3.63, 3.8) is 0 Å². The number of benzene rings is 2. The predicted octanol–water partition coefficient (Wildman–Crippen LogP) is 4.16. The molecule has 0 spiro atoms. The maximum atomic E-state index is 12.0. The Hall–Kier alpha value is -1.56. The number of halogens is 1. The summed E-state index contributed by atoms with van der Waals surface area (Å²) in [6.45, 7) is 6.12. The van der Waals surface area contributed by atoms with Gasteiger partial charge in [0.05, 0.1) is 6.04 Å². The summed E-state index contributed by atoms with van der Waals surface area (Å²) < 4.78 is 6.64. The molecule has 0 aliphatic carbocycles. The number of rotatable bonds is 5. The van der Waals surface area contributed by atoms with Crippen LogP contribution in [0.3, 0.4) is 0 Å². The molecule has 0 radical (unpaired) electrons. The van der Waals surface area contributed by atoms with Gasteiger partial charge in [-0.25, -0.2) is 0 Å². The molecule has 0 aliphatic heterocycles. The van der Waals surface area contributed by atoms with Crippen LogP contribution in [-0.2, 0) is 4.79 Å². The minimum atomic E-state index is -0.119. The van der Waals surface area contributed by atoms with Gasteiger partial charge in [0.25, 0.3) is 5.91 Å². The standard InChI is InChI=1S/C18H20INO2/c1-12-4-5-13(2)17(10-12)14(3)20-18(21)11-22-16-8-6-15(19)7-9-16/h4-10,14H,11H2,1-3H3,(H,20,21)/t14-/m0/s1. The van der Waals surface area contributed by atoms with Gasteiger partial charge >= 0.3 is 0 Å². The molecular formula is C18H20INO2. The average molecular weight is 409 g/mol. The van der Waals surface area contributed by atoms with E-state index in [0.29, 0.717) is 5.75 Å². The second-order valence-electron chi connectivity index (χ2n) is 5.39. The van der Waals surface area contributed by atoms with E-state index in [9.17, 15) is 4.79 Å². The summed E-state index contributed by atoms with van der Waals surface area (Å²) in [6.07, 6.45) is 0. The summed E-state index contributed by atoms with van der Waals surface area (Å²) in [5.41, 5.74) is 3.51. The highest BCUT2D eigenvalue weighted by atomic mass is 127. The molecule has 2 aromatic carbocycles. The lowest BCUT2D eigenvalue weighted by atomic mass is 10.00. The lowest BCUT2D eigenvalue weighted by Gasteiger charge is -2.17. The smallest absolute Gasteiger partial charge is 0.258 e. The van der Waals surface area contributed by atoms with Crippen LogP contribution in [0.15, 0.2) is 42.5 Å². The highest BCUT2D eigenvalue weighted by Crippen LogP contribution is 2.19. The number of hydrogen-bond donors (Lipinski definition) is 1. The fourth-order valence-electron chi connectivity index (χ4n) is 2.27. The Kier molecular flexibility index (Phi) is 5.83. The van der Waals surface area contributed by atoms with E-state index in [1.165, 1.54) is 11.1 Å². The van der Waals surface area contributed by atoms with Crippen molar-refractivity contribution in [1.29, 1.82) is 0 Å². The fourth-order valence-corrected chi connectivity index (χ4v) is 2.63. The number of carbonyl (C=O) groups is 1. The second kappa shape index (κ2) is 7.63. The molecule has 0 heterocycles. The van der Waals surface area contributed by atoms with Crippen molar-refractivity contribution >= 4 is 28.5 Å². The number of carbonyl (C=O) groups excluding carboxylic acids is 1. The van der Waals surface area contributed by atoms with Gasteiger partial charge in [0, 0.05) is 3.57 Å². The van der Waals surface area contributed by atoms with Crippen LogP contribution in [0.2, 0.25) is 0 Å². The molecule has 1 atom stereocenters. The Morgan fingerprint density at radius 1 is 1.18 bits per heavy atom. The molecule has 1 amide bonds. The van der Waals surface area contributed by atoms with E-state index in [1.54, 1.807) is 0 Å². The Balaban J connectivity index is 1.91. The fraction of sp³-hybridized carbons (Fsp3) is 0.278. The molecule has 2 aromatic rings. The van der Waals surface area contributed by atoms with Crippen LogP contribution in [0.25, 0.3) is 0 Å². The minimum Gasteiger partial charge on any atom is -0.484 e. The number of ether oxygens (including phenoxy) is 1. The first-order valence-corrected chi connectivity index (χ1v) is 8.28. The summed E-state index contributed by atoms with van der Waals surface area (Å²) in [7, 11) is 0. The molecule has 0 bridgehead atoms. The maximum Gasteiger partial charge on any atom is 0.258 e. The van der Waals surface area contributed by atoms with Gasteiger partial charge in [-0.15, -0.1) is 0 Å². The van der Waals surface area contributed by atoms with Gasteiger partial charge in [0.15, 0.2) is 6.61 Å². The van der Waals surface area contributed by atoms with E-state index in [1.807, 2.05) is 31.2 Å². The number of nitrogens with one attached hydrogen (secondary N) is 1. The zero-order valence-electron chi connectivity index (χ0n) is 13.0. The summed E-state index contributed by atoms with van der Waals surface area (Å²) in [4.78, 5) is 12.0. The van der Waals surface area contributed by atoms with Gasteiger partial charge in [-0.05, 0) is 78.8 Å². The van der Waals surface area contributed by atoms with Gasteiger partial charge < -0.3 is 10.1 Å². The highest BCUT2D eigenvalue weighted by Gasteiger charge is 2.12. The maximum absolute atomic E-state index is 12.0. The Labute approximate surface area is 145 Å². The zero-order valence-corrected chi connectivity index (χ0v) is 15.2. The van der Waals surface area contributed by atoms with Crippen molar-refractivity contribution in [1.82, 2.24) is 5.32 Å². The normalized spacial score (nSPS) is 11.8. The van der Waals surface area contributed by atoms with Crippen molar-refractivity contribution in [2.75, 3.05) is 6.61 Å². The molecule has 2 rings (SSSR count). The first kappa shape index (κ1) is 16.8. The van der Waals surface area contributed by atoms with E-state index >= 15 is 0 Å². The minimum absolute atomic E-state index is 0.0236. The molecule has 0 fully saturated rings. The molecule has 0 saturated heterocycles. The molecular weight excluding hydrogens is 389 g/mol. The summed E-state index contributed by atoms with van der Waals surface area (Å²) in [5.74, 6) is 0.585. The van der Waals surface area contributed by atoms with Gasteiger partial charge in [-0.3, -0.25) is 4.79 Å². The average Bonchev–Trinajstić information content (AvgIpc) is 2.49. The van der Waals surface area contributed by atoms with E-state index in [4.69, 9.17) is 4.74 Å². The van der Waals surface area contributed by atoms with Gasteiger partial charge in [0.1, 0.15) is 5.75 Å². The van der Waals surface area contributed by atoms with Crippen LogP contribution < -0.4 is 10.1 Å². The molecule has 22 heavy (non-hydrogen) atoms. The molecule has 1 N–H and O–H groups in total. The first-order chi connectivity index (χ1) is 10.5. The Morgan fingerprint density at radius 3 is 2.55 bits per heavy atom. The third-order valence-corrected chi connectivity index (χ3v) is 4.18. The third-order valence-electron chi connectivity index (χ3n) is 3.46. The van der Waals surface area contributed by atoms with Crippen LogP contribution in [0.1, 0.15) is 29.7 Å². The van der Waals surface area contributed by atoms with Crippen LogP contribution in [0.5, 0.6) is 5.75 Å². The van der Waals surface area contributed by atoms with E-state index in [-0.39, 0.29) is 18.6 Å². The molecule has 0 aliphatic rings. The number of hydrogen-bond acceptors (Lipinski definition) is 2. The first-order valence-electron chi connectivity index (χ1n) is 7.20. The molecule has 4 heteroatoms. The van der Waals surface area contributed by atoms with Crippen molar-refractivity contribution in [3.8, 4) is 5.75 Å². The lowest BCUT2D eigenvalue weighted by molar-refractivity contribution is -0.123. The summed E-state index contributed by atoms with van der Waals surface area (Å²) >= 11 is 2.23. The quantitative estimate of drug-likeness (QED) is 0.754. The van der Waals surface area contributed by atoms with Crippen LogP contribution in [0.4, 0.5) is 0 Å². The molecule has 0 saturated carbocycles. The lowest BCUT2D eigenvalue weighted by Crippen LogP contribution is -2.31. The molecule has 0 unspecified atom stereocenters. The topological polar surface area (TPSA) is 38.3 Å². The Bertz CT molecular complexity index is 653. The SMILES string of the molecule is Cc1ccc(C)c([C@H](C)NC(=O)COc2ccc(I)cc2)c1. The predicted molar refractivity (Wildman–Crippen MR) is 97.1 cm³/mol. The third kappa shape index (κ3) is 4.73. The second-order valence-corrected chi connectivity index (χ2v) is 6.64. The number of amides is 1. The Morgan fingerprint density at radius 2 is 1.86 bits per heavy atom. The highest BCUT2D eigenvalue weighted by molar-refractivity contribution is 14.1. The van der Waals surface area contributed by atoms with Gasteiger partial charge in [-0.2, -0.15) is 0 Å². The van der Waals surface area contributed by atoms with Crippen molar-refractivity contribution in [3.05, 3.63) is 62.7 Å². The van der Waals surface area contributed by atoms with Crippen molar-refractivity contribution in [2.45, 2.75) is 26.8 Å². The van der Waals surface area contributed by atoms with Gasteiger partial charge in [-0.1, -0.05) is 23.8 Å². The van der Waals surface area contributed by atoms with Crippen LogP contribution in [0, 0.1) is 17.4 Å². The van der Waals surface area contributed by atoms with E-state index in [2.05, 4.69) is 60.0 Å². The van der Waals surface area contributed by atoms with E-state index in [0.717, 1.165) is 9.13 Å². The van der Waals surface area contributed by atoms with Gasteiger partial charge in [0.2, 0.25) is 0 Å². The monoisotopic (exact) mass is 409 g/mol. The zero-order chi connectivity index (χ0) is 16.1. The van der Waals surface area contributed by atoms with Crippen molar-refractivity contribution in [2.24, 2.45) is 0 Å².